The van der Waals surface area contributed by atoms with E-state index in [9.17, 15) is 24.0 Å². The topological polar surface area (TPSA) is 180 Å². The Morgan fingerprint density at radius 2 is 1.17 bits per heavy atom. The number of esters is 2. The molecule has 78 heavy (non-hydrogen) atoms. The molecular formula is C64H87N3O10S. The largest absolute Gasteiger partial charge is 0.497 e. The predicted octanol–water partition coefficient (Wildman–Crippen LogP) is 14.6. The Morgan fingerprint density at radius 1 is 0.641 bits per heavy atom. The Hall–Kier alpha value is -6.67. The van der Waals surface area contributed by atoms with Gasteiger partial charge in [0.1, 0.15) is 41.9 Å². The van der Waals surface area contributed by atoms with Crippen molar-refractivity contribution in [2.75, 3.05) is 39.8 Å². The van der Waals surface area contributed by atoms with Crippen molar-refractivity contribution in [3.8, 4) is 23.0 Å². The van der Waals surface area contributed by atoms with Crippen molar-refractivity contribution in [3.63, 3.8) is 0 Å². The summed E-state index contributed by atoms with van der Waals surface area (Å²) in [5, 5.41) is 11.4. The Morgan fingerprint density at radius 3 is 1.67 bits per heavy atom. The molecule has 5 aromatic rings. The van der Waals surface area contributed by atoms with E-state index in [2.05, 4.69) is 48.9 Å². The minimum absolute atomic E-state index is 0.0552. The van der Waals surface area contributed by atoms with Gasteiger partial charge in [-0.1, -0.05) is 100 Å². The second kappa shape index (κ2) is 40.5. The summed E-state index contributed by atoms with van der Waals surface area (Å²) in [4.78, 5) is 58.8. The molecule has 2 N–H and O–H groups in total. The van der Waals surface area contributed by atoms with Crippen LogP contribution in [0.1, 0.15) is 146 Å². The lowest BCUT2D eigenvalue weighted by atomic mass is 9.83. The fourth-order valence-corrected chi connectivity index (χ4v) is 9.58. The Bertz CT molecular complexity index is 2410. The van der Waals surface area contributed by atoms with Crippen molar-refractivity contribution >= 4 is 63.7 Å². The predicted molar refractivity (Wildman–Crippen MR) is 316 cm³/mol. The molecule has 0 spiro atoms. The highest BCUT2D eigenvalue weighted by atomic mass is 32.1. The highest BCUT2D eigenvalue weighted by molar-refractivity contribution is 7.22. The summed E-state index contributed by atoms with van der Waals surface area (Å²) in [7, 11) is 4.87. The Balaban J connectivity index is 0.000000265. The standard InChI is InChI=1S/C19H26O3.C16H20N2O2S.C12H18O.C9H11NO2.C8H12O2/c1-2-3-4-5-15-8-12-18(13-9-15)22-19(21)17-10-6-16(14-20)7-11-17;1-2-15(19)20-12-8-4-3-7-11-17-16-18-13-9-5-6-10-14(13)21-16;1-3-4-5-6-11-7-9-12(13-2)10-8-11;1-11-8-3-4-9(12-2)7(5-8)6-10;9-5-7-1-2-8(6-10)4-3-7/h8-9,12-14,16-17H,2-7,10-11H2,1H3;2,5-6,9-10H,1,3-4,7-8,11-12H2,(H,17,18);7-10H,3-6H2,1-2H3;3-6,10H,1-2H3;5-8H,1-4H2. The lowest BCUT2D eigenvalue weighted by molar-refractivity contribution is -0.140. The molecule has 0 saturated heterocycles. The number of para-hydroxylation sites is 1. The van der Waals surface area contributed by atoms with Gasteiger partial charge in [-0.2, -0.15) is 0 Å². The summed E-state index contributed by atoms with van der Waals surface area (Å²) in [6.07, 6.45) is 26.3. The van der Waals surface area contributed by atoms with Gasteiger partial charge in [-0.15, -0.1) is 0 Å². The van der Waals surface area contributed by atoms with Gasteiger partial charge in [0.25, 0.3) is 0 Å². The molecule has 0 aliphatic heterocycles. The van der Waals surface area contributed by atoms with Crippen LogP contribution in [0.2, 0.25) is 0 Å². The summed E-state index contributed by atoms with van der Waals surface area (Å²) < 4.78 is 26.7. The van der Waals surface area contributed by atoms with Gasteiger partial charge in [-0.05, 0) is 162 Å². The molecule has 2 saturated carbocycles. The zero-order valence-electron chi connectivity index (χ0n) is 47.1. The normalized spacial score (nSPS) is 16.2. The van der Waals surface area contributed by atoms with Gasteiger partial charge < -0.3 is 48.8 Å². The molecular weight excluding hydrogens is 1000 g/mol. The molecule has 14 heteroatoms. The molecule has 13 nitrogen and oxygen atoms in total. The van der Waals surface area contributed by atoms with Crippen molar-refractivity contribution in [1.82, 2.24) is 4.98 Å². The maximum atomic E-state index is 12.1. The van der Waals surface area contributed by atoms with E-state index in [1.807, 2.05) is 54.6 Å². The molecule has 7 rings (SSSR count). The van der Waals surface area contributed by atoms with Gasteiger partial charge in [0, 0.05) is 42.2 Å². The molecule has 0 amide bonds. The molecule has 0 bridgehead atoms. The van der Waals surface area contributed by atoms with Crippen LogP contribution in [0.5, 0.6) is 23.0 Å². The number of methoxy groups -OCH3 is 3. The minimum Gasteiger partial charge on any atom is -0.497 e. The monoisotopic (exact) mass is 1090 g/mol. The van der Waals surface area contributed by atoms with Crippen LogP contribution in [0.4, 0.5) is 5.13 Å². The van der Waals surface area contributed by atoms with Crippen molar-refractivity contribution in [2.24, 2.45) is 23.7 Å². The Labute approximate surface area is 468 Å². The molecule has 2 aliphatic carbocycles. The SMILES string of the molecule is C=CC(=O)OCCCCCCNc1nc2ccccc2s1.CCCCCc1ccc(OC(=O)C2CCC(C=O)CC2)cc1.CCCCCc1ccc(OC)cc1.COc1ccc(OC)c(C=N)c1.O=CC1CCC(C=O)CC1. The highest BCUT2D eigenvalue weighted by Gasteiger charge is 2.27. The number of carbonyl (C=O) groups excluding carboxylic acids is 5. The zero-order valence-corrected chi connectivity index (χ0v) is 47.9. The first-order valence-corrected chi connectivity index (χ1v) is 28.8. The van der Waals surface area contributed by atoms with Crippen LogP contribution in [0.3, 0.4) is 0 Å². The fourth-order valence-electron chi connectivity index (χ4n) is 8.69. The highest BCUT2D eigenvalue weighted by Crippen LogP contribution is 2.30. The molecule has 2 aliphatic rings. The molecule has 4 aromatic carbocycles. The van der Waals surface area contributed by atoms with Crippen LogP contribution < -0.4 is 24.3 Å². The average molecular weight is 1090 g/mol. The van der Waals surface area contributed by atoms with Gasteiger partial charge >= 0.3 is 11.9 Å². The lowest BCUT2D eigenvalue weighted by Gasteiger charge is -2.23. The van der Waals surface area contributed by atoms with E-state index in [0.29, 0.717) is 18.1 Å². The van der Waals surface area contributed by atoms with Gasteiger partial charge in [0.15, 0.2) is 5.13 Å². The molecule has 0 radical (unpaired) electrons. The smallest absolute Gasteiger partial charge is 0.330 e. The summed E-state index contributed by atoms with van der Waals surface area (Å²) in [5.41, 5.74) is 4.47. The van der Waals surface area contributed by atoms with Crippen LogP contribution in [-0.4, -0.2) is 76.5 Å². The maximum Gasteiger partial charge on any atom is 0.330 e. The third-order valence-corrected chi connectivity index (χ3v) is 14.6. The number of nitrogens with one attached hydrogen (secondary N) is 2. The number of unbranched alkanes of at least 4 members (excludes halogenated alkanes) is 7. The van der Waals surface area contributed by atoms with E-state index in [-0.39, 0.29) is 35.6 Å². The number of ether oxygens (including phenoxy) is 5. The molecule has 0 unspecified atom stereocenters. The van der Waals surface area contributed by atoms with Crippen molar-refractivity contribution in [2.45, 2.75) is 142 Å². The zero-order chi connectivity index (χ0) is 56.6. The fraction of sp³-hybridized carbons (Fsp3) is 0.484. The number of anilines is 1. The molecule has 424 valence electrons. The van der Waals surface area contributed by atoms with Crippen LogP contribution in [-0.2, 0) is 41.6 Å². The molecule has 0 atom stereocenters. The van der Waals surface area contributed by atoms with Crippen molar-refractivity contribution in [3.05, 3.63) is 120 Å². The van der Waals surface area contributed by atoms with E-state index < -0.39 is 0 Å². The number of hydrogen-bond acceptors (Lipinski definition) is 14. The minimum atomic E-state index is -0.340. The van der Waals surface area contributed by atoms with Gasteiger partial charge in [0.2, 0.25) is 0 Å². The van der Waals surface area contributed by atoms with E-state index >= 15 is 0 Å². The number of hydrogen-bond donors (Lipinski definition) is 2. The van der Waals surface area contributed by atoms with Crippen LogP contribution in [0.15, 0.2) is 104 Å². The van der Waals surface area contributed by atoms with Crippen molar-refractivity contribution < 1.29 is 47.7 Å². The number of benzene rings is 4. The van der Waals surface area contributed by atoms with Crippen LogP contribution in [0, 0.1) is 29.1 Å². The summed E-state index contributed by atoms with van der Waals surface area (Å²) >= 11 is 1.69. The lowest BCUT2D eigenvalue weighted by Crippen LogP contribution is -2.26. The number of aromatic nitrogens is 1. The first-order chi connectivity index (χ1) is 38.1. The number of thiazole rings is 1. The number of fused-ring (bicyclic) bond motifs is 1. The first kappa shape index (κ1) is 65.6. The number of rotatable bonds is 26. The van der Waals surface area contributed by atoms with Crippen molar-refractivity contribution in [1.29, 1.82) is 5.41 Å². The molecule has 1 aromatic heterocycles. The van der Waals surface area contributed by atoms with Gasteiger partial charge in [-0.25, -0.2) is 9.78 Å². The summed E-state index contributed by atoms with van der Waals surface area (Å²) in [6.45, 7) is 9.19. The third kappa shape index (κ3) is 26.6. The number of aldehydes is 3. The average Bonchev–Trinajstić information content (AvgIpc) is 3.92. The van der Waals surface area contributed by atoms with Gasteiger partial charge in [-0.3, -0.25) is 4.79 Å². The number of nitrogens with zero attached hydrogens (tertiary/aromatic N) is 1. The third-order valence-electron chi connectivity index (χ3n) is 13.6. The molecule has 1 heterocycles. The van der Waals surface area contributed by atoms with Crippen LogP contribution >= 0.6 is 11.3 Å². The van der Waals surface area contributed by atoms with Gasteiger partial charge in [0.05, 0.1) is 44.1 Å². The number of carbonyl (C=O) groups is 5. The number of aryl methyl sites for hydroxylation is 2. The van der Waals surface area contributed by atoms with E-state index in [4.69, 9.17) is 29.1 Å². The maximum absolute atomic E-state index is 12.1. The van der Waals surface area contributed by atoms with Crippen LogP contribution in [0.25, 0.3) is 10.2 Å². The summed E-state index contributed by atoms with van der Waals surface area (Å²) in [6, 6.07) is 29.7. The van der Waals surface area contributed by atoms with E-state index in [0.717, 1.165) is 137 Å². The summed E-state index contributed by atoms with van der Waals surface area (Å²) in [5.74, 6) is 3.04. The first-order valence-electron chi connectivity index (χ1n) is 28.0. The second-order valence-corrected chi connectivity index (χ2v) is 20.5. The quantitative estimate of drug-likeness (QED) is 0.0134. The Kier molecular flexibility index (Phi) is 34.1. The van der Waals surface area contributed by atoms with E-state index in [1.165, 1.54) is 73.1 Å². The molecule has 2 fully saturated rings. The second-order valence-electron chi connectivity index (χ2n) is 19.5. The van der Waals surface area contributed by atoms with E-state index in [1.54, 1.807) is 50.9 Å².